The molecular weight excluding hydrogens is 412 g/mol. The average molecular weight is 447 g/mol. The van der Waals surface area contributed by atoms with Crippen LogP contribution in [-0.4, -0.2) is 55.3 Å². The van der Waals surface area contributed by atoms with E-state index in [2.05, 4.69) is 12.2 Å². The van der Waals surface area contributed by atoms with Crippen LogP contribution >= 0.6 is 11.8 Å². The number of nitrogens with one attached hydrogen (secondary N) is 1. The minimum Gasteiger partial charge on any atom is -0.493 e. The van der Waals surface area contributed by atoms with Gasteiger partial charge in [-0.15, -0.1) is 11.8 Å². The van der Waals surface area contributed by atoms with Crippen molar-refractivity contribution in [2.24, 2.45) is 5.92 Å². The predicted molar refractivity (Wildman–Crippen MR) is 125 cm³/mol. The van der Waals surface area contributed by atoms with Crippen LogP contribution in [0.4, 0.5) is 0 Å². The summed E-state index contributed by atoms with van der Waals surface area (Å²) in [6.07, 6.45) is 6.55. The van der Waals surface area contributed by atoms with Crippen LogP contribution in [0.5, 0.6) is 11.5 Å². The minimum absolute atomic E-state index is 0.00476. The molecule has 3 unspecified atom stereocenters. The number of thioether (sulfide) groups is 1. The van der Waals surface area contributed by atoms with E-state index in [4.69, 9.17) is 9.47 Å². The van der Waals surface area contributed by atoms with Gasteiger partial charge in [0.15, 0.2) is 11.5 Å². The van der Waals surface area contributed by atoms with Crippen molar-refractivity contribution in [3.63, 3.8) is 0 Å². The summed E-state index contributed by atoms with van der Waals surface area (Å²) in [5.74, 6) is 1.51. The van der Waals surface area contributed by atoms with E-state index < -0.39 is 0 Å². The Labute approximate surface area is 189 Å². The van der Waals surface area contributed by atoms with Crippen LogP contribution in [0, 0.1) is 5.92 Å². The third kappa shape index (κ3) is 5.56. The normalized spacial score (nSPS) is 24.6. The number of carbonyl (C=O) groups is 2. The zero-order valence-electron chi connectivity index (χ0n) is 19.0. The first-order valence-electron chi connectivity index (χ1n) is 11.2. The number of rotatable bonds is 8. The standard InChI is InChI=1S/C24H34N2O4S/c1-5-7-12-25-23(27)17-9-11-21-18(15-17)26(3)24(28)22(31-21)14-16-8-10-19(30-6-2)20(13-16)29-4/h8,10,13-14,17-18,21H,5-7,9,11-12,15H2,1-4H3,(H,25,27)/b22-14+. The van der Waals surface area contributed by atoms with Crippen LogP contribution in [-0.2, 0) is 9.59 Å². The van der Waals surface area contributed by atoms with Gasteiger partial charge in [0.2, 0.25) is 5.91 Å². The van der Waals surface area contributed by atoms with Gasteiger partial charge >= 0.3 is 0 Å². The van der Waals surface area contributed by atoms with Crippen LogP contribution in [0.1, 0.15) is 51.5 Å². The number of carbonyl (C=O) groups excluding carboxylic acids is 2. The molecular formula is C24H34N2O4S. The Bertz CT molecular complexity index is 826. The smallest absolute Gasteiger partial charge is 0.260 e. The van der Waals surface area contributed by atoms with E-state index in [0.29, 0.717) is 23.4 Å². The van der Waals surface area contributed by atoms with Gasteiger partial charge in [-0.1, -0.05) is 19.4 Å². The Morgan fingerprint density at radius 1 is 1.29 bits per heavy atom. The molecule has 6 nitrogen and oxygen atoms in total. The second kappa shape index (κ2) is 10.9. The molecule has 1 saturated carbocycles. The second-order valence-corrected chi connectivity index (χ2v) is 9.43. The molecule has 2 amide bonds. The van der Waals surface area contributed by atoms with Crippen LogP contribution in [0.15, 0.2) is 23.1 Å². The zero-order valence-corrected chi connectivity index (χ0v) is 19.8. The van der Waals surface area contributed by atoms with Crippen molar-refractivity contribution in [1.82, 2.24) is 10.2 Å². The highest BCUT2D eigenvalue weighted by Gasteiger charge is 2.42. The fourth-order valence-electron chi connectivity index (χ4n) is 4.27. The number of fused-ring (bicyclic) bond motifs is 1. The van der Waals surface area contributed by atoms with E-state index in [1.807, 2.05) is 43.1 Å². The lowest BCUT2D eigenvalue weighted by Gasteiger charge is -2.44. The molecule has 1 saturated heterocycles. The monoisotopic (exact) mass is 446 g/mol. The highest BCUT2D eigenvalue weighted by atomic mass is 32.2. The number of benzene rings is 1. The third-order valence-corrected chi connectivity index (χ3v) is 7.45. The van der Waals surface area contributed by atoms with Gasteiger partial charge in [-0.05, 0) is 56.4 Å². The highest BCUT2D eigenvalue weighted by molar-refractivity contribution is 8.04. The molecule has 1 aromatic rings. The molecule has 0 aromatic heterocycles. The molecule has 1 aromatic carbocycles. The van der Waals surface area contributed by atoms with E-state index in [1.54, 1.807) is 18.9 Å². The Morgan fingerprint density at radius 3 is 2.81 bits per heavy atom. The lowest BCUT2D eigenvalue weighted by Crippen LogP contribution is -2.52. The van der Waals surface area contributed by atoms with Gasteiger partial charge in [0, 0.05) is 30.8 Å². The molecule has 0 bridgehead atoms. The summed E-state index contributed by atoms with van der Waals surface area (Å²) in [5.41, 5.74) is 0.909. The molecule has 0 radical (unpaired) electrons. The number of hydrogen-bond acceptors (Lipinski definition) is 5. The van der Waals surface area contributed by atoms with Crippen LogP contribution in [0.25, 0.3) is 6.08 Å². The molecule has 1 aliphatic carbocycles. The molecule has 3 rings (SSSR count). The number of likely N-dealkylation sites (N-methyl/N-ethyl adjacent to an activating group) is 1. The fourth-order valence-corrected chi connectivity index (χ4v) is 5.75. The zero-order chi connectivity index (χ0) is 22.4. The van der Waals surface area contributed by atoms with E-state index in [0.717, 1.165) is 49.1 Å². The topological polar surface area (TPSA) is 67.9 Å². The molecule has 1 aliphatic heterocycles. The maximum absolute atomic E-state index is 13.1. The Morgan fingerprint density at radius 2 is 2.10 bits per heavy atom. The van der Waals surface area contributed by atoms with Crippen LogP contribution in [0.2, 0.25) is 0 Å². The molecule has 0 spiro atoms. The van der Waals surface area contributed by atoms with Crippen molar-refractivity contribution >= 4 is 29.7 Å². The maximum Gasteiger partial charge on any atom is 0.260 e. The average Bonchev–Trinajstić information content (AvgIpc) is 2.78. The Kier molecular flexibility index (Phi) is 8.29. The van der Waals surface area contributed by atoms with E-state index in [-0.39, 0.29) is 23.8 Å². The van der Waals surface area contributed by atoms with Gasteiger partial charge in [-0.3, -0.25) is 9.59 Å². The van der Waals surface area contributed by atoms with Crippen molar-refractivity contribution in [3.8, 4) is 11.5 Å². The Balaban J connectivity index is 1.70. The van der Waals surface area contributed by atoms with Crippen molar-refractivity contribution in [1.29, 1.82) is 0 Å². The number of ether oxygens (including phenoxy) is 2. The summed E-state index contributed by atoms with van der Waals surface area (Å²) >= 11 is 1.65. The molecule has 1 N–H and O–H groups in total. The van der Waals surface area contributed by atoms with Gasteiger partial charge in [0.05, 0.1) is 18.6 Å². The van der Waals surface area contributed by atoms with Gasteiger partial charge in [-0.25, -0.2) is 0 Å². The summed E-state index contributed by atoms with van der Waals surface area (Å²) in [5, 5.41) is 3.38. The maximum atomic E-state index is 13.1. The molecule has 3 atom stereocenters. The predicted octanol–water partition coefficient (Wildman–Crippen LogP) is 4.09. The first-order valence-corrected chi connectivity index (χ1v) is 12.1. The summed E-state index contributed by atoms with van der Waals surface area (Å²) in [6, 6.07) is 5.81. The van der Waals surface area contributed by atoms with Crippen LogP contribution in [0.3, 0.4) is 0 Å². The lowest BCUT2D eigenvalue weighted by atomic mass is 9.83. The fraction of sp³-hybridized carbons (Fsp3) is 0.583. The van der Waals surface area contributed by atoms with Crippen molar-refractivity contribution in [3.05, 3.63) is 28.7 Å². The largest absolute Gasteiger partial charge is 0.493 e. The quantitative estimate of drug-likeness (QED) is 0.481. The molecule has 1 heterocycles. The second-order valence-electron chi connectivity index (χ2n) is 8.15. The summed E-state index contributed by atoms with van der Waals surface area (Å²) < 4.78 is 11.0. The summed E-state index contributed by atoms with van der Waals surface area (Å²) in [6.45, 7) is 5.35. The Hall–Kier alpha value is -2.15. The first-order chi connectivity index (χ1) is 15.0. The number of amides is 2. The molecule has 2 fully saturated rings. The number of methoxy groups -OCH3 is 1. The lowest BCUT2D eigenvalue weighted by molar-refractivity contribution is -0.131. The van der Waals surface area contributed by atoms with E-state index in [1.165, 1.54) is 0 Å². The number of nitrogens with zero attached hydrogens (tertiary/aromatic N) is 1. The number of hydrogen-bond donors (Lipinski definition) is 1. The van der Waals surface area contributed by atoms with Crippen molar-refractivity contribution < 1.29 is 19.1 Å². The van der Waals surface area contributed by atoms with Crippen molar-refractivity contribution in [2.45, 2.75) is 57.2 Å². The third-order valence-electron chi connectivity index (χ3n) is 6.05. The summed E-state index contributed by atoms with van der Waals surface area (Å²) in [7, 11) is 3.48. The first kappa shape index (κ1) is 23.5. The van der Waals surface area contributed by atoms with Gasteiger partial charge in [0.1, 0.15) is 0 Å². The van der Waals surface area contributed by atoms with E-state index in [9.17, 15) is 9.59 Å². The van der Waals surface area contributed by atoms with Gasteiger partial charge < -0.3 is 19.7 Å². The molecule has 2 aliphatic rings. The van der Waals surface area contributed by atoms with Crippen LogP contribution < -0.4 is 14.8 Å². The SMILES string of the molecule is CCCCNC(=O)C1CCC2S/C(=C/c3ccc(OCC)c(OC)c3)C(=O)N(C)C2C1. The van der Waals surface area contributed by atoms with Gasteiger partial charge in [0.25, 0.3) is 5.91 Å². The van der Waals surface area contributed by atoms with Gasteiger partial charge in [-0.2, -0.15) is 0 Å². The highest BCUT2D eigenvalue weighted by Crippen LogP contribution is 2.43. The molecule has 31 heavy (non-hydrogen) atoms. The number of unbranched alkanes of at least 4 members (excludes halogenated alkanes) is 1. The van der Waals surface area contributed by atoms with Crippen molar-refractivity contribution in [2.75, 3.05) is 27.3 Å². The minimum atomic E-state index is -0.00476. The molecule has 170 valence electrons. The molecule has 7 heteroatoms. The summed E-state index contributed by atoms with van der Waals surface area (Å²) in [4.78, 5) is 28.2. The van der Waals surface area contributed by atoms with E-state index >= 15 is 0 Å².